The Balaban J connectivity index is 0.00000363. The second-order valence-electron chi connectivity index (χ2n) is 7.77. The van der Waals surface area contributed by atoms with Crippen LogP contribution in [0.15, 0.2) is 47.5 Å². The van der Waals surface area contributed by atoms with Crippen molar-refractivity contribution in [3.05, 3.63) is 59.2 Å². The Kier molecular flexibility index (Phi) is 10.1. The summed E-state index contributed by atoms with van der Waals surface area (Å²) >= 11 is 0. The molecule has 0 saturated carbocycles. The molecule has 0 atom stereocenters. The van der Waals surface area contributed by atoms with Gasteiger partial charge in [0.05, 0.1) is 6.54 Å². The molecule has 1 amide bonds. The highest BCUT2D eigenvalue weighted by atomic mass is 127. The minimum atomic E-state index is -0.488. The van der Waals surface area contributed by atoms with Crippen LogP contribution in [0.4, 0.5) is 5.69 Å². The van der Waals surface area contributed by atoms with Gasteiger partial charge in [-0.1, -0.05) is 24.3 Å². The van der Waals surface area contributed by atoms with Crippen LogP contribution in [0.2, 0.25) is 0 Å². The maximum absolute atomic E-state index is 10.9. The van der Waals surface area contributed by atoms with Gasteiger partial charge in [0.2, 0.25) is 0 Å². The summed E-state index contributed by atoms with van der Waals surface area (Å²) in [5.41, 5.74) is 10.2. The number of amides is 1. The summed E-state index contributed by atoms with van der Waals surface area (Å²) in [7, 11) is 0. The zero-order chi connectivity index (χ0) is 22.2. The van der Waals surface area contributed by atoms with Gasteiger partial charge in [-0.15, -0.1) is 24.0 Å². The van der Waals surface area contributed by atoms with Gasteiger partial charge < -0.3 is 25.6 Å². The Bertz CT molecular complexity index is 926. The zero-order valence-corrected chi connectivity index (χ0v) is 21.5. The van der Waals surface area contributed by atoms with Crippen molar-refractivity contribution in [1.29, 1.82) is 0 Å². The van der Waals surface area contributed by atoms with E-state index in [1.54, 1.807) is 0 Å². The molecular formula is C24H34IN5O2. The summed E-state index contributed by atoms with van der Waals surface area (Å²) in [5, 5.41) is 3.42. The van der Waals surface area contributed by atoms with Gasteiger partial charge in [-0.3, -0.25) is 4.79 Å². The number of ether oxygens (including phenoxy) is 1. The Morgan fingerprint density at radius 2 is 1.84 bits per heavy atom. The fraction of sp³-hybridized carbons (Fsp3) is 0.417. The third-order valence-electron chi connectivity index (χ3n) is 5.52. The van der Waals surface area contributed by atoms with Gasteiger partial charge in [0.25, 0.3) is 5.91 Å². The molecule has 0 bridgehead atoms. The molecule has 2 aromatic rings. The molecule has 1 heterocycles. The number of guanidine groups is 1. The summed E-state index contributed by atoms with van der Waals surface area (Å²) < 4.78 is 5.40. The average molecular weight is 551 g/mol. The quantitative estimate of drug-likeness (QED) is 0.314. The molecule has 1 aliphatic rings. The van der Waals surface area contributed by atoms with Crippen molar-refractivity contribution in [1.82, 2.24) is 10.2 Å². The average Bonchev–Trinajstić information content (AvgIpc) is 2.77. The number of hydrogen-bond donors (Lipinski definition) is 2. The lowest BCUT2D eigenvalue weighted by atomic mass is 10.1. The van der Waals surface area contributed by atoms with E-state index in [1.165, 1.54) is 16.8 Å². The van der Waals surface area contributed by atoms with Gasteiger partial charge >= 0.3 is 0 Å². The number of carbonyl (C=O) groups excluding carboxylic acids is 1. The fourth-order valence-corrected chi connectivity index (χ4v) is 3.72. The van der Waals surface area contributed by atoms with Crippen LogP contribution in [0.25, 0.3) is 0 Å². The standard InChI is InChI=1S/C24H33N5O2.HI/c1-4-26-24(27-16-20-8-6-9-21(15-20)31-17-23(25)30)29-13-11-28(12-14-29)22-10-5-7-18(2)19(22)3;/h5-10,15H,4,11-14,16-17H2,1-3H3,(H2,25,30)(H,26,27);1H. The van der Waals surface area contributed by atoms with Gasteiger partial charge in [-0.25, -0.2) is 4.99 Å². The number of anilines is 1. The lowest BCUT2D eigenvalue weighted by Gasteiger charge is -2.38. The first-order valence-electron chi connectivity index (χ1n) is 10.8. The number of carbonyl (C=O) groups is 1. The molecule has 3 N–H and O–H groups in total. The van der Waals surface area contributed by atoms with E-state index in [0.717, 1.165) is 44.2 Å². The number of primary amides is 1. The second kappa shape index (κ2) is 12.5. The molecule has 2 aromatic carbocycles. The van der Waals surface area contributed by atoms with Gasteiger partial charge in [-0.05, 0) is 55.7 Å². The molecule has 3 rings (SSSR count). The second-order valence-corrected chi connectivity index (χ2v) is 7.77. The highest BCUT2D eigenvalue weighted by Crippen LogP contribution is 2.24. The number of piperazine rings is 1. The van der Waals surface area contributed by atoms with E-state index >= 15 is 0 Å². The van der Waals surface area contributed by atoms with E-state index in [0.29, 0.717) is 12.3 Å². The smallest absolute Gasteiger partial charge is 0.255 e. The lowest BCUT2D eigenvalue weighted by molar-refractivity contribution is -0.119. The first-order valence-corrected chi connectivity index (χ1v) is 10.8. The van der Waals surface area contributed by atoms with Crippen molar-refractivity contribution in [3.63, 3.8) is 0 Å². The van der Waals surface area contributed by atoms with Crippen LogP contribution in [0.5, 0.6) is 5.75 Å². The summed E-state index contributed by atoms with van der Waals surface area (Å²) in [5.74, 6) is 1.06. The van der Waals surface area contributed by atoms with Crippen molar-refractivity contribution in [2.45, 2.75) is 27.3 Å². The van der Waals surface area contributed by atoms with Gasteiger partial charge in [0.15, 0.2) is 12.6 Å². The van der Waals surface area contributed by atoms with Crippen molar-refractivity contribution in [3.8, 4) is 5.75 Å². The topological polar surface area (TPSA) is 83.2 Å². The predicted octanol–water partition coefficient (Wildman–Crippen LogP) is 3.07. The molecule has 174 valence electrons. The van der Waals surface area contributed by atoms with Crippen molar-refractivity contribution >= 4 is 41.5 Å². The van der Waals surface area contributed by atoms with Gasteiger partial charge in [0, 0.05) is 38.4 Å². The molecule has 7 nitrogen and oxygen atoms in total. The molecule has 32 heavy (non-hydrogen) atoms. The van der Waals surface area contributed by atoms with Crippen LogP contribution in [0.1, 0.15) is 23.6 Å². The molecule has 8 heteroatoms. The molecular weight excluding hydrogens is 517 g/mol. The summed E-state index contributed by atoms with van der Waals surface area (Å²) in [6.07, 6.45) is 0. The number of hydrogen-bond acceptors (Lipinski definition) is 4. The summed E-state index contributed by atoms with van der Waals surface area (Å²) in [4.78, 5) is 20.5. The molecule has 1 fully saturated rings. The maximum Gasteiger partial charge on any atom is 0.255 e. The monoisotopic (exact) mass is 551 g/mol. The number of nitrogens with zero attached hydrogens (tertiary/aromatic N) is 3. The number of benzene rings is 2. The van der Waals surface area contributed by atoms with E-state index in [2.05, 4.69) is 54.1 Å². The maximum atomic E-state index is 10.9. The normalized spacial score (nSPS) is 14.0. The Morgan fingerprint density at radius 1 is 1.12 bits per heavy atom. The van der Waals surface area contributed by atoms with Crippen LogP contribution in [-0.2, 0) is 11.3 Å². The largest absolute Gasteiger partial charge is 0.484 e. The van der Waals surface area contributed by atoms with E-state index in [-0.39, 0.29) is 30.6 Å². The molecule has 0 aromatic heterocycles. The van der Waals surface area contributed by atoms with Gasteiger partial charge in [0.1, 0.15) is 5.75 Å². The van der Waals surface area contributed by atoms with Crippen LogP contribution < -0.4 is 20.7 Å². The fourth-order valence-electron chi connectivity index (χ4n) is 3.72. The van der Waals surface area contributed by atoms with Crippen molar-refractivity contribution < 1.29 is 9.53 Å². The zero-order valence-electron chi connectivity index (χ0n) is 19.1. The molecule has 0 spiro atoms. The Labute approximate surface area is 208 Å². The number of aliphatic imine (C=N–C) groups is 1. The SMILES string of the molecule is CCNC(=NCc1cccc(OCC(N)=O)c1)N1CCN(c2cccc(C)c2C)CC1.I. The third kappa shape index (κ3) is 7.01. The Morgan fingerprint density at radius 3 is 2.53 bits per heavy atom. The molecule has 0 aliphatic carbocycles. The molecule has 1 aliphatic heterocycles. The van der Waals surface area contributed by atoms with Crippen molar-refractivity contribution in [2.75, 3.05) is 44.2 Å². The van der Waals surface area contributed by atoms with Crippen LogP contribution in [0, 0.1) is 13.8 Å². The first kappa shape index (κ1) is 25.8. The first-order chi connectivity index (χ1) is 15.0. The van der Waals surface area contributed by atoms with Crippen LogP contribution in [-0.4, -0.2) is 56.1 Å². The number of halogens is 1. The number of rotatable bonds is 7. The van der Waals surface area contributed by atoms with E-state index < -0.39 is 5.91 Å². The van der Waals surface area contributed by atoms with Crippen LogP contribution >= 0.6 is 24.0 Å². The Hall–Kier alpha value is -2.49. The highest BCUT2D eigenvalue weighted by molar-refractivity contribution is 14.0. The minimum absolute atomic E-state index is 0. The molecule has 0 unspecified atom stereocenters. The minimum Gasteiger partial charge on any atom is -0.484 e. The molecule has 1 saturated heterocycles. The van der Waals surface area contributed by atoms with Crippen molar-refractivity contribution in [2.24, 2.45) is 10.7 Å². The summed E-state index contributed by atoms with van der Waals surface area (Å²) in [6, 6.07) is 14.1. The van der Waals surface area contributed by atoms with Gasteiger partial charge in [-0.2, -0.15) is 0 Å². The van der Waals surface area contributed by atoms with E-state index in [1.807, 2.05) is 24.3 Å². The lowest BCUT2D eigenvalue weighted by Crippen LogP contribution is -2.52. The third-order valence-corrected chi connectivity index (χ3v) is 5.52. The van der Waals surface area contributed by atoms with Crippen LogP contribution in [0.3, 0.4) is 0 Å². The predicted molar refractivity (Wildman–Crippen MR) is 141 cm³/mol. The van der Waals surface area contributed by atoms with E-state index in [9.17, 15) is 4.79 Å². The van der Waals surface area contributed by atoms with E-state index in [4.69, 9.17) is 15.5 Å². The number of aryl methyl sites for hydroxylation is 1. The number of nitrogens with two attached hydrogens (primary N) is 1. The highest BCUT2D eigenvalue weighted by Gasteiger charge is 2.21. The number of nitrogens with one attached hydrogen (secondary N) is 1. The summed E-state index contributed by atoms with van der Waals surface area (Å²) in [6.45, 7) is 11.4. The molecule has 0 radical (unpaired) electrons.